The number of aliphatic hydroxyl groups excluding tert-OH is 1. The molecule has 0 spiro atoms. The molecule has 11 heteroatoms. The molecule has 1 aliphatic carbocycles. The van der Waals surface area contributed by atoms with Gasteiger partial charge >= 0.3 is 0 Å². The Morgan fingerprint density at radius 3 is 2.51 bits per heavy atom. The van der Waals surface area contributed by atoms with Gasteiger partial charge in [0.1, 0.15) is 16.5 Å². The van der Waals surface area contributed by atoms with Crippen LogP contribution in [-0.2, 0) is 0 Å². The molecule has 1 aliphatic heterocycles. The van der Waals surface area contributed by atoms with Gasteiger partial charge in [0, 0.05) is 42.9 Å². The molecule has 0 bridgehead atoms. The number of pyridine rings is 3. The van der Waals surface area contributed by atoms with Gasteiger partial charge in [0.25, 0.3) is 11.5 Å². The molecule has 210 valence electrons. The second-order valence-corrected chi connectivity index (χ2v) is 11.4. The third-order valence-corrected chi connectivity index (χ3v) is 8.33. The molecule has 4 heterocycles. The lowest BCUT2D eigenvalue weighted by Gasteiger charge is -2.36. The zero-order valence-electron chi connectivity index (χ0n) is 22.0. The first kappa shape index (κ1) is 27.5. The molecule has 41 heavy (non-hydrogen) atoms. The van der Waals surface area contributed by atoms with Gasteiger partial charge < -0.3 is 10.0 Å². The van der Waals surface area contributed by atoms with Crippen LogP contribution in [0.4, 0.5) is 8.78 Å². The fraction of sp³-hybridized carbons (Fsp3) is 0.267. The van der Waals surface area contributed by atoms with Crippen molar-refractivity contribution in [2.45, 2.75) is 38.2 Å². The van der Waals surface area contributed by atoms with Crippen LogP contribution in [0.3, 0.4) is 0 Å². The van der Waals surface area contributed by atoms with Crippen molar-refractivity contribution < 1.29 is 18.7 Å². The molecule has 2 aliphatic rings. The first-order chi connectivity index (χ1) is 19.6. The highest BCUT2D eigenvalue weighted by atomic mass is 35.5. The van der Waals surface area contributed by atoms with Crippen LogP contribution < -0.4 is 5.56 Å². The summed E-state index contributed by atoms with van der Waals surface area (Å²) in [5, 5.41) is 10.0. The van der Waals surface area contributed by atoms with Crippen molar-refractivity contribution >= 4 is 29.1 Å². The number of rotatable bonds is 5. The maximum Gasteiger partial charge on any atom is 0.274 e. The first-order valence-corrected chi connectivity index (χ1v) is 13.8. The Bertz CT molecular complexity index is 1790. The van der Waals surface area contributed by atoms with Crippen LogP contribution in [0.1, 0.15) is 51.0 Å². The molecule has 3 aromatic heterocycles. The third-order valence-electron chi connectivity index (χ3n) is 7.74. The average Bonchev–Trinajstić information content (AvgIpc) is 3.72. The highest BCUT2D eigenvalue weighted by Gasteiger charge is 2.42. The van der Waals surface area contributed by atoms with Crippen molar-refractivity contribution in [2.24, 2.45) is 0 Å². The summed E-state index contributed by atoms with van der Waals surface area (Å²) in [6, 6.07) is 7.68. The van der Waals surface area contributed by atoms with Crippen molar-refractivity contribution in [1.29, 1.82) is 0 Å². The van der Waals surface area contributed by atoms with E-state index in [4.69, 9.17) is 23.2 Å². The summed E-state index contributed by atoms with van der Waals surface area (Å²) < 4.78 is 33.0. The maximum atomic E-state index is 16.2. The highest BCUT2D eigenvalue weighted by molar-refractivity contribution is 6.31. The van der Waals surface area contributed by atoms with E-state index in [-0.39, 0.29) is 52.5 Å². The molecular formula is C30H24Cl2F2N4O3. The van der Waals surface area contributed by atoms with Gasteiger partial charge in [0.15, 0.2) is 5.82 Å². The average molecular weight is 597 g/mol. The van der Waals surface area contributed by atoms with Crippen LogP contribution in [0.2, 0.25) is 10.0 Å². The minimum Gasteiger partial charge on any atom is -0.389 e. The van der Waals surface area contributed by atoms with Gasteiger partial charge in [0.2, 0.25) is 0 Å². The van der Waals surface area contributed by atoms with E-state index in [1.807, 2.05) is 6.07 Å². The summed E-state index contributed by atoms with van der Waals surface area (Å²) in [5.41, 5.74) is 0.887. The van der Waals surface area contributed by atoms with E-state index >= 15 is 8.78 Å². The summed E-state index contributed by atoms with van der Waals surface area (Å²) in [7, 11) is 0. The number of β-amino-alcohol motifs (C(OH)–C–C–N with tert-alkyl or cyclic N) is 1. The molecule has 1 amide bonds. The Kier molecular flexibility index (Phi) is 6.92. The van der Waals surface area contributed by atoms with Crippen LogP contribution in [-0.4, -0.2) is 49.6 Å². The van der Waals surface area contributed by atoms with E-state index in [0.29, 0.717) is 21.8 Å². The second-order valence-electron chi connectivity index (χ2n) is 10.6. The molecule has 1 aromatic carbocycles. The third kappa shape index (κ3) is 4.71. The van der Waals surface area contributed by atoms with Crippen molar-refractivity contribution in [3.05, 3.63) is 109 Å². The number of carbonyl (C=O) groups excluding carboxylic acids is 1. The molecular weight excluding hydrogens is 573 g/mol. The zero-order valence-corrected chi connectivity index (χ0v) is 23.5. The number of amides is 1. The molecule has 4 aromatic rings. The summed E-state index contributed by atoms with van der Waals surface area (Å²) >= 11 is 12.7. The number of aryl methyl sites for hydroxylation is 2. The quantitative estimate of drug-likeness (QED) is 0.325. The Balaban J connectivity index is 1.40. The van der Waals surface area contributed by atoms with Crippen LogP contribution in [0.5, 0.6) is 0 Å². The smallest absolute Gasteiger partial charge is 0.274 e. The van der Waals surface area contributed by atoms with E-state index in [0.717, 1.165) is 12.0 Å². The molecule has 6 rings (SSSR count). The lowest BCUT2D eigenvalue weighted by Crippen LogP contribution is -2.53. The number of nitrogens with zero attached hydrogens (tertiary/aromatic N) is 4. The fourth-order valence-corrected chi connectivity index (χ4v) is 5.98. The minimum absolute atomic E-state index is 0.00958. The lowest BCUT2D eigenvalue weighted by molar-refractivity contribution is 0.00559. The molecule has 2 fully saturated rings. The molecule has 2 atom stereocenters. The molecule has 0 unspecified atom stereocenters. The van der Waals surface area contributed by atoms with E-state index < -0.39 is 29.2 Å². The predicted octanol–water partition coefficient (Wildman–Crippen LogP) is 5.58. The van der Waals surface area contributed by atoms with Crippen LogP contribution in [0.15, 0.2) is 53.7 Å². The molecule has 0 radical (unpaired) electrons. The Hall–Kier alpha value is -3.66. The number of halogens is 4. The first-order valence-electron chi connectivity index (χ1n) is 13.0. The minimum atomic E-state index is -0.937. The van der Waals surface area contributed by atoms with E-state index in [1.165, 1.54) is 33.9 Å². The molecule has 1 saturated heterocycles. The fourth-order valence-electron chi connectivity index (χ4n) is 5.52. The highest BCUT2D eigenvalue weighted by Crippen LogP contribution is 2.56. The van der Waals surface area contributed by atoms with Crippen LogP contribution in [0, 0.1) is 25.5 Å². The van der Waals surface area contributed by atoms with Gasteiger partial charge in [-0.2, -0.15) is 0 Å². The van der Waals surface area contributed by atoms with Gasteiger partial charge in [-0.05, 0) is 73.1 Å². The topological polar surface area (TPSA) is 88.3 Å². The van der Waals surface area contributed by atoms with Crippen molar-refractivity contribution in [3.8, 4) is 16.9 Å². The monoisotopic (exact) mass is 596 g/mol. The lowest BCUT2D eigenvalue weighted by atomic mass is 10.0. The maximum absolute atomic E-state index is 16.2. The Morgan fingerprint density at radius 1 is 1.05 bits per heavy atom. The Morgan fingerprint density at radius 2 is 1.80 bits per heavy atom. The largest absolute Gasteiger partial charge is 0.389 e. The van der Waals surface area contributed by atoms with Crippen LogP contribution >= 0.6 is 23.2 Å². The Labute approximate surface area is 244 Å². The number of benzene rings is 1. The summed E-state index contributed by atoms with van der Waals surface area (Å²) in [6.45, 7) is 3.47. The van der Waals surface area contributed by atoms with E-state index in [2.05, 4.69) is 9.97 Å². The van der Waals surface area contributed by atoms with Gasteiger partial charge in [-0.1, -0.05) is 29.3 Å². The van der Waals surface area contributed by atoms with Gasteiger partial charge in [-0.15, -0.1) is 0 Å². The zero-order chi connectivity index (χ0) is 29.2. The number of carbonyl (C=O) groups is 1. The van der Waals surface area contributed by atoms with Gasteiger partial charge in [-0.3, -0.25) is 24.1 Å². The summed E-state index contributed by atoms with van der Waals surface area (Å²) in [6.07, 6.45) is 4.76. The van der Waals surface area contributed by atoms with E-state index in [1.54, 1.807) is 32.3 Å². The number of aromatic nitrogens is 3. The number of aliphatic hydroxyl groups is 1. The predicted molar refractivity (Wildman–Crippen MR) is 151 cm³/mol. The number of likely N-dealkylation sites (tertiary alicyclic amines) is 1. The second kappa shape index (κ2) is 10.3. The van der Waals surface area contributed by atoms with Gasteiger partial charge in [0.05, 0.1) is 22.4 Å². The SMILES string of the molecule is Cc1cnc(-c2cccc(C(=O)N3CC(O)C3)c2F)c(F)c1-n1c(C)cc([C@H]2C[C@@H]2c2cncc(Cl)c2)c(Cl)c1=O. The summed E-state index contributed by atoms with van der Waals surface area (Å²) in [5.74, 6) is -2.37. The van der Waals surface area contributed by atoms with Crippen molar-refractivity contribution in [3.63, 3.8) is 0 Å². The van der Waals surface area contributed by atoms with E-state index in [9.17, 15) is 14.7 Å². The van der Waals surface area contributed by atoms with Crippen LogP contribution in [0.25, 0.3) is 16.9 Å². The summed E-state index contributed by atoms with van der Waals surface area (Å²) in [4.78, 5) is 35.9. The molecule has 1 N–H and O–H groups in total. The number of hydrogen-bond acceptors (Lipinski definition) is 5. The normalized spacial score (nSPS) is 18.4. The van der Waals surface area contributed by atoms with Crippen molar-refractivity contribution in [1.82, 2.24) is 19.4 Å². The molecule has 7 nitrogen and oxygen atoms in total. The number of hydrogen-bond donors (Lipinski definition) is 1. The standard InChI is InChI=1S/C30H24Cl2F2N4O3/c1-14-9-36-27(19-4-3-5-20(25(19)33)29(40)37-12-18(39)13-37)26(34)28(14)38-15(2)6-23(24(32)30(38)41)22-8-21(22)16-7-17(31)11-35-10-16/h3-7,9-11,18,21-22,39H,8,12-13H2,1-2H3/t21-,22+/m1/s1. The van der Waals surface area contributed by atoms with Crippen molar-refractivity contribution in [2.75, 3.05) is 13.1 Å². The molecule has 1 saturated carbocycles. The van der Waals surface area contributed by atoms with Gasteiger partial charge in [-0.25, -0.2) is 8.78 Å².